The van der Waals surface area contributed by atoms with Crippen LogP contribution in [0.1, 0.15) is 13.3 Å². The highest BCUT2D eigenvalue weighted by atomic mass is 16.8. The minimum absolute atomic E-state index is 0.00616. The van der Waals surface area contributed by atoms with Crippen LogP contribution in [0.25, 0.3) is 0 Å². The van der Waals surface area contributed by atoms with Gasteiger partial charge in [-0.3, -0.25) is 4.79 Å². The lowest BCUT2D eigenvalue weighted by molar-refractivity contribution is -0.386. The summed E-state index contributed by atoms with van der Waals surface area (Å²) in [5.41, 5.74) is 5.51. The maximum absolute atomic E-state index is 12.6. The van der Waals surface area contributed by atoms with Crippen molar-refractivity contribution in [3.05, 3.63) is 0 Å². The molecule has 4 rings (SSSR count). The summed E-state index contributed by atoms with van der Waals surface area (Å²) in [5, 5.41) is 128. The van der Waals surface area contributed by atoms with Crippen molar-refractivity contribution in [3.63, 3.8) is 0 Å². The predicted molar refractivity (Wildman–Crippen MR) is 163 cm³/mol. The number of amides is 1. The Morgan fingerprint density at radius 2 is 1.00 bits per heavy atom. The van der Waals surface area contributed by atoms with Crippen molar-refractivity contribution in [1.29, 1.82) is 0 Å². The van der Waals surface area contributed by atoms with Crippen molar-refractivity contribution >= 4 is 5.91 Å². The van der Waals surface area contributed by atoms with E-state index >= 15 is 0 Å². The first-order valence-corrected chi connectivity index (χ1v) is 16.8. The van der Waals surface area contributed by atoms with Crippen LogP contribution in [0.2, 0.25) is 0 Å². The van der Waals surface area contributed by atoms with Gasteiger partial charge in [-0.15, -0.1) is 0 Å². The lowest BCUT2D eigenvalue weighted by Crippen LogP contribution is -2.71. The van der Waals surface area contributed by atoms with Crippen LogP contribution in [0, 0.1) is 0 Å². The van der Waals surface area contributed by atoms with E-state index < -0.39 is 155 Å². The fourth-order valence-electron chi connectivity index (χ4n) is 6.34. The molecule has 52 heavy (non-hydrogen) atoms. The van der Waals surface area contributed by atoms with Gasteiger partial charge in [-0.25, -0.2) is 0 Å². The van der Waals surface area contributed by atoms with Gasteiger partial charge in [-0.2, -0.15) is 0 Å². The molecule has 4 aliphatic rings. The Morgan fingerprint density at radius 3 is 1.48 bits per heavy atom. The quantitative estimate of drug-likeness (QED) is 0.0688. The molecule has 0 spiro atoms. The molecular weight excluding hydrogens is 712 g/mol. The van der Waals surface area contributed by atoms with Gasteiger partial charge in [0.25, 0.3) is 0 Å². The number of nitrogens with two attached hydrogens (primary N) is 1. The number of carbonyl (C=O) groups is 1. The summed E-state index contributed by atoms with van der Waals surface area (Å²) >= 11 is 0. The zero-order valence-electron chi connectivity index (χ0n) is 28.1. The van der Waals surface area contributed by atoms with Crippen LogP contribution in [0.5, 0.6) is 0 Å². The summed E-state index contributed by atoms with van der Waals surface area (Å²) in [6.45, 7) is -2.11. The third-order valence-corrected chi connectivity index (χ3v) is 9.22. The van der Waals surface area contributed by atoms with Gasteiger partial charge >= 0.3 is 0 Å². The van der Waals surface area contributed by atoms with Crippen LogP contribution in [0.15, 0.2) is 0 Å². The first-order chi connectivity index (χ1) is 24.7. The van der Waals surface area contributed by atoms with E-state index in [1.54, 1.807) is 0 Å². The number of aliphatic hydroxyl groups is 12. The number of hydrogen-bond acceptors (Lipinski definition) is 22. The van der Waals surface area contributed by atoms with Crippen molar-refractivity contribution in [2.45, 2.75) is 136 Å². The molecule has 0 aromatic heterocycles. The molecule has 4 heterocycles. The number of rotatable bonds is 15. The lowest BCUT2D eigenvalue weighted by Gasteiger charge is -2.51. The molecule has 8 unspecified atom stereocenters. The van der Waals surface area contributed by atoms with E-state index in [-0.39, 0.29) is 13.2 Å². The number of aliphatic hydroxyl groups excluding tert-OH is 12. The molecule has 0 aromatic rings. The molecule has 0 radical (unpaired) electrons. The molecule has 4 fully saturated rings. The lowest BCUT2D eigenvalue weighted by atomic mass is 9.93. The molecule has 4 aliphatic heterocycles. The smallest absolute Gasteiger partial charge is 0.217 e. The van der Waals surface area contributed by atoms with Crippen molar-refractivity contribution in [1.82, 2.24) is 5.32 Å². The topological polar surface area (TPSA) is 372 Å². The molecule has 0 aromatic carbocycles. The molecule has 0 saturated carbocycles. The van der Waals surface area contributed by atoms with Gasteiger partial charge in [0.2, 0.25) is 5.91 Å². The molecule has 4 saturated heterocycles. The number of hydrogen-bond donors (Lipinski definition) is 14. The van der Waals surface area contributed by atoms with E-state index in [1.807, 2.05) is 0 Å². The summed E-state index contributed by atoms with van der Waals surface area (Å²) < 4.78 is 46.0. The van der Waals surface area contributed by atoms with Gasteiger partial charge in [0, 0.05) is 6.92 Å². The Bertz CT molecular complexity index is 1100. The van der Waals surface area contributed by atoms with Gasteiger partial charge in [0.1, 0.15) is 97.6 Å². The van der Waals surface area contributed by atoms with E-state index in [4.69, 9.17) is 43.6 Å². The SMILES string of the molecule is CC(=O)NC1[C@H](O[C@@H]2C(O)[C@@H](OCCCN)OC(CO)[C@H]2O)OC(CO)[C@H](O[C@H]2OC(CO)[C@@H](O)[C@H](O)C2O)[C@@H]1O[C@@H]1OC(CO)[C@@H](O)[C@H](O)C1O. The van der Waals surface area contributed by atoms with Crippen molar-refractivity contribution in [2.75, 3.05) is 39.6 Å². The number of nitrogens with one attached hydrogen (secondary N) is 1. The van der Waals surface area contributed by atoms with E-state index in [1.165, 1.54) is 0 Å². The third kappa shape index (κ3) is 9.52. The average molecular weight is 765 g/mol. The van der Waals surface area contributed by atoms with Gasteiger partial charge in [0.05, 0.1) is 33.0 Å². The summed E-state index contributed by atoms with van der Waals surface area (Å²) in [6, 6.07) is -1.64. The van der Waals surface area contributed by atoms with Gasteiger partial charge < -0.3 is 110 Å². The standard InChI is InChI=1S/C29H52N2O21/c1-9(36)31-14-24(51-29-21(43)19(41)16(38)11(6-33)48-29)23(50-28-20(42)18(40)15(37)10(5-32)47-28)13(8-35)49-26(14)52-25-17(39)12(7-34)46-27(22(25)44)45-4-2-3-30/h10-29,32-35,37-44H,2-8,30H2,1H3,(H,31,36)/t10?,11?,12?,13?,14?,15-,16-,17-,18+,19+,20?,21?,22?,23+,24-,25+,26+,27+,28-,29+/m1/s1. The Labute approximate surface area is 296 Å². The zero-order chi connectivity index (χ0) is 38.4. The van der Waals surface area contributed by atoms with Crippen molar-refractivity contribution < 1.29 is 104 Å². The Morgan fingerprint density at radius 1 is 0.558 bits per heavy atom. The Kier molecular flexibility index (Phi) is 16.2. The van der Waals surface area contributed by atoms with E-state index in [9.17, 15) is 66.1 Å². The maximum atomic E-state index is 12.6. The van der Waals surface area contributed by atoms with Crippen LogP contribution in [-0.2, 0) is 42.7 Å². The second kappa shape index (κ2) is 19.5. The Hall–Kier alpha value is -1.37. The largest absolute Gasteiger partial charge is 0.394 e. The number of ether oxygens (including phenoxy) is 8. The molecular formula is C29H52N2O21. The van der Waals surface area contributed by atoms with Gasteiger partial charge in [0.15, 0.2) is 25.2 Å². The minimum Gasteiger partial charge on any atom is -0.394 e. The second-order valence-corrected chi connectivity index (χ2v) is 12.9. The summed E-state index contributed by atoms with van der Waals surface area (Å²) in [5.74, 6) is -0.775. The highest BCUT2D eigenvalue weighted by molar-refractivity contribution is 5.73. The van der Waals surface area contributed by atoms with Crippen LogP contribution in [0.3, 0.4) is 0 Å². The highest BCUT2D eigenvalue weighted by Crippen LogP contribution is 2.36. The molecule has 20 atom stereocenters. The highest BCUT2D eigenvalue weighted by Gasteiger charge is 2.57. The molecule has 23 heteroatoms. The first kappa shape index (κ1) is 43.4. The number of carbonyl (C=O) groups excluding carboxylic acids is 1. The predicted octanol–water partition coefficient (Wildman–Crippen LogP) is -9.23. The molecule has 1 amide bonds. The zero-order valence-corrected chi connectivity index (χ0v) is 28.1. The molecule has 304 valence electrons. The molecule has 0 bridgehead atoms. The van der Waals surface area contributed by atoms with Crippen LogP contribution < -0.4 is 11.1 Å². The summed E-state index contributed by atoms with van der Waals surface area (Å²) in [7, 11) is 0. The fraction of sp³-hybridized carbons (Fsp3) is 0.966. The monoisotopic (exact) mass is 764 g/mol. The van der Waals surface area contributed by atoms with Crippen molar-refractivity contribution in [3.8, 4) is 0 Å². The molecule has 23 nitrogen and oxygen atoms in total. The fourth-order valence-corrected chi connectivity index (χ4v) is 6.34. The van der Waals surface area contributed by atoms with Crippen molar-refractivity contribution in [2.24, 2.45) is 5.73 Å². The third-order valence-electron chi connectivity index (χ3n) is 9.22. The van der Waals surface area contributed by atoms with E-state index in [0.29, 0.717) is 6.42 Å². The molecule has 15 N–H and O–H groups in total. The first-order valence-electron chi connectivity index (χ1n) is 16.8. The van der Waals surface area contributed by atoms with Crippen LogP contribution >= 0.6 is 0 Å². The van der Waals surface area contributed by atoms with Crippen LogP contribution in [-0.4, -0.2) is 230 Å². The van der Waals surface area contributed by atoms with E-state index in [0.717, 1.165) is 6.92 Å². The molecule has 0 aliphatic carbocycles. The van der Waals surface area contributed by atoms with E-state index in [2.05, 4.69) is 5.32 Å². The van der Waals surface area contributed by atoms with Gasteiger partial charge in [-0.05, 0) is 13.0 Å². The average Bonchev–Trinajstić information content (AvgIpc) is 3.12. The Balaban J connectivity index is 1.73. The second-order valence-electron chi connectivity index (χ2n) is 12.9. The van der Waals surface area contributed by atoms with Gasteiger partial charge in [-0.1, -0.05) is 0 Å². The summed E-state index contributed by atoms with van der Waals surface area (Å²) in [6.07, 6.45) is -32.8. The summed E-state index contributed by atoms with van der Waals surface area (Å²) in [4.78, 5) is 12.6. The van der Waals surface area contributed by atoms with Crippen LogP contribution in [0.4, 0.5) is 0 Å². The normalized spacial score (nSPS) is 47.3. The maximum Gasteiger partial charge on any atom is 0.217 e. The minimum atomic E-state index is -2.02.